The third kappa shape index (κ3) is 5.19. The van der Waals surface area contributed by atoms with E-state index < -0.39 is 17.7 Å². The fourth-order valence-electron chi connectivity index (χ4n) is 3.50. The molecule has 1 unspecified atom stereocenters. The van der Waals surface area contributed by atoms with E-state index in [4.69, 9.17) is 0 Å². The summed E-state index contributed by atoms with van der Waals surface area (Å²) in [7, 11) is 0. The number of rotatable bonds is 6. The molecule has 1 fully saturated rings. The van der Waals surface area contributed by atoms with E-state index in [1.54, 1.807) is 17.0 Å². The van der Waals surface area contributed by atoms with Crippen LogP contribution >= 0.6 is 0 Å². The second kappa shape index (κ2) is 9.32. The second-order valence-corrected chi connectivity index (χ2v) is 7.12. The highest BCUT2D eigenvalue weighted by molar-refractivity contribution is 5.94. The molecular formula is C22H23FN2O4. The molecule has 0 aliphatic carbocycles. The number of hydrogen-bond acceptors (Lipinski definition) is 3. The van der Waals surface area contributed by atoms with Crippen molar-refractivity contribution in [3.63, 3.8) is 0 Å². The molecule has 1 saturated heterocycles. The lowest BCUT2D eigenvalue weighted by atomic mass is 9.94. The lowest BCUT2D eigenvalue weighted by molar-refractivity contribution is -0.138. The van der Waals surface area contributed by atoms with Gasteiger partial charge in [0.05, 0.1) is 5.92 Å². The van der Waals surface area contributed by atoms with Crippen molar-refractivity contribution < 1.29 is 23.9 Å². The van der Waals surface area contributed by atoms with Crippen molar-refractivity contribution in [2.75, 3.05) is 19.6 Å². The number of amides is 2. The average Bonchev–Trinajstić information content (AvgIpc) is 2.75. The van der Waals surface area contributed by atoms with E-state index in [0.29, 0.717) is 37.1 Å². The van der Waals surface area contributed by atoms with Crippen LogP contribution in [0, 0.1) is 11.7 Å². The minimum Gasteiger partial charge on any atom is -0.481 e. The molecular weight excluding hydrogens is 375 g/mol. The van der Waals surface area contributed by atoms with Gasteiger partial charge in [-0.25, -0.2) is 4.39 Å². The zero-order valence-electron chi connectivity index (χ0n) is 15.9. The zero-order valence-corrected chi connectivity index (χ0v) is 15.9. The molecule has 1 aliphatic rings. The molecule has 7 heteroatoms. The monoisotopic (exact) mass is 398 g/mol. The van der Waals surface area contributed by atoms with Crippen molar-refractivity contribution in [1.29, 1.82) is 0 Å². The number of carbonyl (C=O) groups excluding carboxylic acids is 2. The van der Waals surface area contributed by atoms with E-state index in [0.717, 1.165) is 0 Å². The quantitative estimate of drug-likeness (QED) is 0.783. The number of nitrogens with zero attached hydrogens (tertiary/aromatic N) is 1. The van der Waals surface area contributed by atoms with E-state index in [-0.39, 0.29) is 24.3 Å². The van der Waals surface area contributed by atoms with E-state index >= 15 is 0 Å². The van der Waals surface area contributed by atoms with Gasteiger partial charge in [-0.1, -0.05) is 30.3 Å². The van der Waals surface area contributed by atoms with Gasteiger partial charge in [0.2, 0.25) is 5.91 Å². The Hall–Kier alpha value is -3.22. The summed E-state index contributed by atoms with van der Waals surface area (Å²) in [5, 5.41) is 12.1. The zero-order chi connectivity index (χ0) is 20.8. The van der Waals surface area contributed by atoms with Crippen LogP contribution in [-0.4, -0.2) is 47.4 Å². The maximum Gasteiger partial charge on any atom is 0.312 e. The Morgan fingerprint density at radius 1 is 1.03 bits per heavy atom. The van der Waals surface area contributed by atoms with E-state index in [9.17, 15) is 23.9 Å². The molecule has 0 radical (unpaired) electrons. The van der Waals surface area contributed by atoms with Gasteiger partial charge in [-0.2, -0.15) is 0 Å². The lowest BCUT2D eigenvalue weighted by Crippen LogP contribution is -2.44. The predicted molar refractivity (Wildman–Crippen MR) is 105 cm³/mol. The molecule has 2 amide bonds. The SMILES string of the molecule is O=C(NCC(C(=O)O)c1ccc(F)cc1)C1CCN(C(=O)c2ccccc2)CC1. The van der Waals surface area contributed by atoms with Crippen LogP contribution in [0.1, 0.15) is 34.7 Å². The summed E-state index contributed by atoms with van der Waals surface area (Å²) >= 11 is 0. The first-order valence-corrected chi connectivity index (χ1v) is 9.56. The number of carboxylic acids is 1. The molecule has 2 aromatic rings. The number of piperidine rings is 1. The molecule has 1 heterocycles. The Kier molecular flexibility index (Phi) is 6.59. The topological polar surface area (TPSA) is 86.7 Å². The van der Waals surface area contributed by atoms with Gasteiger partial charge in [0.25, 0.3) is 5.91 Å². The van der Waals surface area contributed by atoms with Crippen LogP contribution in [0.2, 0.25) is 0 Å². The molecule has 0 aromatic heterocycles. The van der Waals surface area contributed by atoms with E-state index in [1.165, 1.54) is 24.3 Å². The van der Waals surface area contributed by atoms with Gasteiger partial charge < -0.3 is 15.3 Å². The standard InChI is InChI=1S/C22H23FN2O4/c23-18-8-6-15(7-9-18)19(22(28)29)14-24-20(26)16-10-12-25(13-11-16)21(27)17-4-2-1-3-5-17/h1-9,16,19H,10-14H2,(H,24,26)(H,28,29). The van der Waals surface area contributed by atoms with Crippen molar-refractivity contribution in [3.05, 3.63) is 71.5 Å². The van der Waals surface area contributed by atoms with Crippen LogP contribution in [0.5, 0.6) is 0 Å². The number of likely N-dealkylation sites (tertiary alicyclic amines) is 1. The maximum atomic E-state index is 13.1. The summed E-state index contributed by atoms with van der Waals surface area (Å²) in [6, 6.07) is 14.2. The highest BCUT2D eigenvalue weighted by Gasteiger charge is 2.29. The Bertz CT molecular complexity index is 862. The van der Waals surface area contributed by atoms with Gasteiger partial charge in [0.1, 0.15) is 5.82 Å². The van der Waals surface area contributed by atoms with Gasteiger partial charge in [-0.15, -0.1) is 0 Å². The first kappa shape index (κ1) is 20.5. The number of carboxylic acid groups (broad SMARTS) is 1. The molecule has 3 rings (SSSR count). The summed E-state index contributed by atoms with van der Waals surface area (Å²) in [4.78, 5) is 38.2. The third-order valence-corrected chi connectivity index (χ3v) is 5.22. The minimum atomic E-state index is -1.08. The Balaban J connectivity index is 1.52. The summed E-state index contributed by atoms with van der Waals surface area (Å²) in [5.41, 5.74) is 1.06. The van der Waals surface area contributed by atoms with Crippen molar-refractivity contribution in [3.8, 4) is 0 Å². The van der Waals surface area contributed by atoms with Crippen LogP contribution in [-0.2, 0) is 9.59 Å². The maximum absolute atomic E-state index is 13.1. The van der Waals surface area contributed by atoms with Gasteiger partial charge in [-0.05, 0) is 42.7 Å². The third-order valence-electron chi connectivity index (χ3n) is 5.22. The average molecular weight is 398 g/mol. The summed E-state index contributed by atoms with van der Waals surface area (Å²) < 4.78 is 13.1. The van der Waals surface area contributed by atoms with Gasteiger partial charge >= 0.3 is 5.97 Å². The lowest BCUT2D eigenvalue weighted by Gasteiger charge is -2.31. The molecule has 152 valence electrons. The summed E-state index contributed by atoms with van der Waals surface area (Å²) in [5.74, 6) is -3.01. The first-order valence-electron chi connectivity index (χ1n) is 9.56. The van der Waals surface area contributed by atoms with Crippen LogP contribution in [0.4, 0.5) is 4.39 Å². The highest BCUT2D eigenvalue weighted by Crippen LogP contribution is 2.21. The van der Waals surface area contributed by atoms with Crippen LogP contribution in [0.25, 0.3) is 0 Å². The fourth-order valence-corrected chi connectivity index (χ4v) is 3.50. The first-order chi connectivity index (χ1) is 14.0. The minimum absolute atomic E-state index is 0.0493. The molecule has 2 N–H and O–H groups in total. The van der Waals surface area contributed by atoms with Gasteiger partial charge in [-0.3, -0.25) is 14.4 Å². The molecule has 0 saturated carbocycles. The second-order valence-electron chi connectivity index (χ2n) is 7.12. The number of aliphatic carboxylic acids is 1. The number of hydrogen-bond donors (Lipinski definition) is 2. The van der Waals surface area contributed by atoms with Crippen molar-refractivity contribution in [2.45, 2.75) is 18.8 Å². The van der Waals surface area contributed by atoms with E-state index in [1.807, 2.05) is 18.2 Å². The Morgan fingerprint density at radius 2 is 1.66 bits per heavy atom. The predicted octanol–water partition coefficient (Wildman–Crippen LogP) is 2.66. The molecule has 1 aliphatic heterocycles. The van der Waals surface area contributed by atoms with E-state index in [2.05, 4.69) is 5.32 Å². The summed E-state index contributed by atoms with van der Waals surface area (Å²) in [6.07, 6.45) is 1.05. The van der Waals surface area contributed by atoms with Crippen molar-refractivity contribution in [2.24, 2.45) is 5.92 Å². The smallest absolute Gasteiger partial charge is 0.312 e. The molecule has 2 aromatic carbocycles. The van der Waals surface area contributed by atoms with Crippen molar-refractivity contribution in [1.82, 2.24) is 10.2 Å². The largest absolute Gasteiger partial charge is 0.481 e. The molecule has 29 heavy (non-hydrogen) atoms. The highest BCUT2D eigenvalue weighted by atomic mass is 19.1. The Labute approximate surface area is 168 Å². The number of halogens is 1. The van der Waals surface area contributed by atoms with Crippen LogP contribution in [0.15, 0.2) is 54.6 Å². The molecule has 1 atom stereocenters. The normalized spacial score (nSPS) is 15.6. The number of carbonyl (C=O) groups is 3. The number of nitrogens with one attached hydrogen (secondary N) is 1. The van der Waals surface area contributed by atoms with Gasteiger partial charge in [0.15, 0.2) is 0 Å². The Morgan fingerprint density at radius 3 is 2.24 bits per heavy atom. The number of benzene rings is 2. The fraction of sp³-hybridized carbons (Fsp3) is 0.318. The molecule has 0 spiro atoms. The van der Waals surface area contributed by atoms with Crippen LogP contribution < -0.4 is 5.32 Å². The van der Waals surface area contributed by atoms with Crippen LogP contribution in [0.3, 0.4) is 0 Å². The van der Waals surface area contributed by atoms with Crippen molar-refractivity contribution >= 4 is 17.8 Å². The summed E-state index contributed by atoms with van der Waals surface area (Å²) in [6.45, 7) is 0.890. The molecule has 0 bridgehead atoms. The molecule has 6 nitrogen and oxygen atoms in total. The van der Waals surface area contributed by atoms with Gasteiger partial charge in [0, 0.05) is 31.1 Å².